The number of rotatable bonds is 4. The Morgan fingerprint density at radius 2 is 1.83 bits per heavy atom. The third kappa shape index (κ3) is 3.07. The van der Waals surface area contributed by atoms with Crippen molar-refractivity contribution >= 4 is 37.5 Å². The Morgan fingerprint density at radius 3 is 2.46 bits per heavy atom. The Labute approximate surface area is 153 Å². The highest BCUT2D eigenvalue weighted by Crippen LogP contribution is 2.38. The van der Waals surface area contributed by atoms with E-state index in [2.05, 4.69) is 37.0 Å². The molecule has 24 heavy (non-hydrogen) atoms. The van der Waals surface area contributed by atoms with Gasteiger partial charge in [-0.15, -0.1) is 0 Å². The molecule has 0 spiro atoms. The average Bonchev–Trinajstić information content (AvgIpc) is 3.04. The molecule has 0 unspecified atom stereocenters. The third-order valence-electron chi connectivity index (χ3n) is 3.37. The molecule has 0 atom stereocenters. The molecule has 0 bridgehead atoms. The van der Waals surface area contributed by atoms with Gasteiger partial charge in [0.1, 0.15) is 11.4 Å². The summed E-state index contributed by atoms with van der Waals surface area (Å²) < 4.78 is 12.1. The summed E-state index contributed by atoms with van der Waals surface area (Å²) >= 11 is 6.87. The standard InChI is InChI=1S/C16H10Br2N2O4/c1-23-16-11(17)6-9(7-12(16)18)13-8-15(24-19-13)10-4-2-3-5-14(10)20(21)22/h2-8H,1H3. The number of halogens is 2. The molecule has 0 saturated heterocycles. The van der Waals surface area contributed by atoms with Gasteiger partial charge in [0.2, 0.25) is 0 Å². The summed E-state index contributed by atoms with van der Waals surface area (Å²) in [7, 11) is 1.58. The van der Waals surface area contributed by atoms with E-state index in [0.29, 0.717) is 22.8 Å². The van der Waals surface area contributed by atoms with Crippen LogP contribution >= 0.6 is 31.9 Å². The van der Waals surface area contributed by atoms with Gasteiger partial charge in [-0.1, -0.05) is 17.3 Å². The van der Waals surface area contributed by atoms with Crippen LogP contribution in [0.15, 0.2) is 55.9 Å². The number of para-hydroxylation sites is 1. The second-order valence-electron chi connectivity index (χ2n) is 4.82. The highest BCUT2D eigenvalue weighted by molar-refractivity contribution is 9.11. The number of hydrogen-bond acceptors (Lipinski definition) is 5. The predicted molar refractivity (Wildman–Crippen MR) is 96.0 cm³/mol. The van der Waals surface area contributed by atoms with Crippen LogP contribution in [0, 0.1) is 10.1 Å². The minimum absolute atomic E-state index is 0.0303. The number of nitro groups is 1. The molecule has 0 amide bonds. The molecule has 0 aliphatic rings. The van der Waals surface area contributed by atoms with Crippen molar-refractivity contribution < 1.29 is 14.2 Å². The molecule has 3 aromatic rings. The SMILES string of the molecule is COc1c(Br)cc(-c2cc(-c3ccccc3[N+](=O)[O-])on2)cc1Br. The van der Waals surface area contributed by atoms with E-state index >= 15 is 0 Å². The fourth-order valence-corrected chi connectivity index (χ4v) is 3.79. The van der Waals surface area contributed by atoms with Crippen molar-refractivity contribution in [3.05, 3.63) is 61.5 Å². The molecule has 2 aromatic carbocycles. The zero-order chi connectivity index (χ0) is 17.3. The van der Waals surface area contributed by atoms with Crippen LogP contribution in [0.25, 0.3) is 22.6 Å². The number of nitrogens with zero attached hydrogens (tertiary/aromatic N) is 2. The maximum Gasteiger partial charge on any atom is 0.280 e. The van der Waals surface area contributed by atoms with Crippen molar-refractivity contribution in [3.63, 3.8) is 0 Å². The Hall–Kier alpha value is -2.19. The van der Waals surface area contributed by atoms with E-state index in [1.54, 1.807) is 31.4 Å². The number of hydrogen-bond donors (Lipinski definition) is 0. The van der Waals surface area contributed by atoms with Gasteiger partial charge in [-0.05, 0) is 50.1 Å². The lowest BCUT2D eigenvalue weighted by Crippen LogP contribution is -1.90. The van der Waals surface area contributed by atoms with Gasteiger partial charge >= 0.3 is 0 Å². The van der Waals surface area contributed by atoms with Gasteiger partial charge in [0.25, 0.3) is 5.69 Å². The first-order chi connectivity index (χ1) is 11.5. The topological polar surface area (TPSA) is 78.4 Å². The summed E-state index contributed by atoms with van der Waals surface area (Å²) in [6.45, 7) is 0. The van der Waals surface area contributed by atoms with E-state index in [1.807, 2.05) is 12.1 Å². The Kier molecular flexibility index (Phi) is 4.68. The summed E-state index contributed by atoms with van der Waals surface area (Å²) in [6.07, 6.45) is 0. The molecule has 0 saturated carbocycles. The number of nitro benzene ring substituents is 1. The summed E-state index contributed by atoms with van der Waals surface area (Å²) in [6, 6.07) is 11.7. The summed E-state index contributed by atoms with van der Waals surface area (Å²) in [5.41, 5.74) is 1.69. The molecule has 122 valence electrons. The van der Waals surface area contributed by atoms with Crippen molar-refractivity contribution in [2.45, 2.75) is 0 Å². The first kappa shape index (κ1) is 16.7. The fraction of sp³-hybridized carbons (Fsp3) is 0.0625. The molecule has 1 heterocycles. The highest BCUT2D eigenvalue weighted by Gasteiger charge is 2.19. The van der Waals surface area contributed by atoms with Crippen LogP contribution in [-0.2, 0) is 0 Å². The van der Waals surface area contributed by atoms with Gasteiger partial charge in [-0.25, -0.2) is 0 Å². The van der Waals surface area contributed by atoms with E-state index in [1.165, 1.54) is 6.07 Å². The van der Waals surface area contributed by atoms with Crippen LogP contribution < -0.4 is 4.74 Å². The summed E-state index contributed by atoms with van der Waals surface area (Å²) in [5.74, 6) is 1.00. The van der Waals surface area contributed by atoms with Crippen LogP contribution in [0.3, 0.4) is 0 Å². The lowest BCUT2D eigenvalue weighted by atomic mass is 10.1. The largest absolute Gasteiger partial charge is 0.494 e. The van der Waals surface area contributed by atoms with Crippen molar-refractivity contribution in [2.24, 2.45) is 0 Å². The minimum Gasteiger partial charge on any atom is -0.494 e. The van der Waals surface area contributed by atoms with Crippen molar-refractivity contribution in [1.82, 2.24) is 5.16 Å². The van der Waals surface area contributed by atoms with E-state index in [-0.39, 0.29) is 5.69 Å². The van der Waals surface area contributed by atoms with E-state index in [9.17, 15) is 10.1 Å². The van der Waals surface area contributed by atoms with E-state index in [0.717, 1.165) is 14.5 Å². The van der Waals surface area contributed by atoms with Crippen molar-refractivity contribution in [3.8, 4) is 28.3 Å². The van der Waals surface area contributed by atoms with Gasteiger partial charge in [-0.2, -0.15) is 0 Å². The number of methoxy groups -OCH3 is 1. The average molecular weight is 454 g/mol. The van der Waals surface area contributed by atoms with Crippen LogP contribution in [0.2, 0.25) is 0 Å². The minimum atomic E-state index is -0.446. The first-order valence-corrected chi connectivity index (χ1v) is 8.33. The maximum absolute atomic E-state index is 11.1. The summed E-state index contributed by atoms with van der Waals surface area (Å²) in [4.78, 5) is 10.7. The molecule has 0 aliphatic carbocycles. The molecular weight excluding hydrogens is 444 g/mol. The highest BCUT2D eigenvalue weighted by atomic mass is 79.9. The molecule has 8 heteroatoms. The Balaban J connectivity index is 2.05. The lowest BCUT2D eigenvalue weighted by molar-refractivity contribution is -0.384. The quantitative estimate of drug-likeness (QED) is 0.387. The van der Waals surface area contributed by atoms with Gasteiger partial charge in [0.15, 0.2) is 5.76 Å². The van der Waals surface area contributed by atoms with E-state index in [4.69, 9.17) is 9.26 Å². The normalized spacial score (nSPS) is 10.6. The Morgan fingerprint density at radius 1 is 1.17 bits per heavy atom. The lowest BCUT2D eigenvalue weighted by Gasteiger charge is -2.07. The van der Waals surface area contributed by atoms with Crippen molar-refractivity contribution in [2.75, 3.05) is 7.11 Å². The van der Waals surface area contributed by atoms with Crippen LogP contribution in [0.5, 0.6) is 5.75 Å². The molecule has 0 radical (unpaired) electrons. The van der Waals surface area contributed by atoms with Crippen LogP contribution in [-0.4, -0.2) is 17.2 Å². The van der Waals surface area contributed by atoms with Gasteiger partial charge < -0.3 is 9.26 Å². The van der Waals surface area contributed by atoms with Gasteiger partial charge in [-0.3, -0.25) is 10.1 Å². The second kappa shape index (κ2) is 6.74. The smallest absolute Gasteiger partial charge is 0.280 e. The maximum atomic E-state index is 11.1. The number of benzene rings is 2. The Bertz CT molecular complexity index is 901. The van der Waals surface area contributed by atoms with Gasteiger partial charge in [0, 0.05) is 17.7 Å². The second-order valence-corrected chi connectivity index (χ2v) is 6.53. The van der Waals surface area contributed by atoms with Gasteiger partial charge in [0.05, 0.1) is 26.5 Å². The van der Waals surface area contributed by atoms with Crippen LogP contribution in [0.1, 0.15) is 0 Å². The predicted octanol–water partition coefficient (Wildman–Crippen LogP) is 5.45. The molecule has 1 aromatic heterocycles. The zero-order valence-corrected chi connectivity index (χ0v) is 15.5. The number of ether oxygens (including phenoxy) is 1. The molecule has 6 nitrogen and oxygen atoms in total. The molecule has 3 rings (SSSR count). The zero-order valence-electron chi connectivity index (χ0n) is 12.3. The summed E-state index contributed by atoms with van der Waals surface area (Å²) in [5, 5.41) is 15.2. The molecule has 0 aliphatic heterocycles. The molecule has 0 fully saturated rings. The third-order valence-corrected chi connectivity index (χ3v) is 4.55. The molecular formula is C16H10Br2N2O4. The van der Waals surface area contributed by atoms with E-state index < -0.39 is 4.92 Å². The monoisotopic (exact) mass is 452 g/mol. The van der Waals surface area contributed by atoms with Crippen molar-refractivity contribution in [1.29, 1.82) is 0 Å². The fourth-order valence-electron chi connectivity index (χ4n) is 2.28. The molecule has 0 N–H and O–H groups in total. The number of aromatic nitrogens is 1. The first-order valence-electron chi connectivity index (χ1n) is 6.75. The van der Waals surface area contributed by atoms with Crippen LogP contribution in [0.4, 0.5) is 5.69 Å².